The van der Waals surface area contributed by atoms with Gasteiger partial charge in [-0.1, -0.05) is 46.5 Å². The molecule has 18 heavy (non-hydrogen) atoms. The molecule has 2 heteroatoms. The summed E-state index contributed by atoms with van der Waals surface area (Å²) < 4.78 is 0. The molecular weight excluding hydrogens is 220 g/mol. The molecule has 0 aliphatic carbocycles. The van der Waals surface area contributed by atoms with E-state index in [2.05, 4.69) is 37.9 Å². The van der Waals surface area contributed by atoms with Gasteiger partial charge in [-0.2, -0.15) is 0 Å². The summed E-state index contributed by atoms with van der Waals surface area (Å²) in [5.74, 6) is 1.58. The summed E-state index contributed by atoms with van der Waals surface area (Å²) in [5.41, 5.74) is 0. The van der Waals surface area contributed by atoms with Gasteiger partial charge in [0.1, 0.15) is 0 Å². The van der Waals surface area contributed by atoms with Gasteiger partial charge in [0.25, 0.3) is 0 Å². The van der Waals surface area contributed by atoms with E-state index in [9.17, 15) is 0 Å². The molecule has 0 aromatic rings. The average Bonchev–Trinajstić information content (AvgIpc) is 2.31. The van der Waals surface area contributed by atoms with Crippen LogP contribution in [0.3, 0.4) is 0 Å². The summed E-state index contributed by atoms with van der Waals surface area (Å²) in [4.78, 5) is 2.74. The standard InChI is InChI=1S/C16H34N2/c1-5-6-7-8-9-16(4)18-12-14(2)10-17-11-15(3)13-18/h14-17H,5-13H2,1-4H3. The maximum atomic E-state index is 3.58. The van der Waals surface area contributed by atoms with Crippen molar-refractivity contribution < 1.29 is 0 Å². The summed E-state index contributed by atoms with van der Waals surface area (Å²) >= 11 is 0. The Bertz CT molecular complexity index is 193. The van der Waals surface area contributed by atoms with E-state index in [1.54, 1.807) is 0 Å². The Morgan fingerprint density at radius 3 is 2.22 bits per heavy atom. The Kier molecular flexibility index (Phi) is 7.92. The van der Waals surface area contributed by atoms with Crippen LogP contribution in [0.1, 0.15) is 59.8 Å². The number of rotatable bonds is 6. The Balaban J connectivity index is 2.34. The second-order valence-electron chi connectivity index (χ2n) is 6.52. The third kappa shape index (κ3) is 6.19. The molecule has 108 valence electrons. The molecule has 1 rings (SSSR count). The van der Waals surface area contributed by atoms with Crippen molar-refractivity contribution in [3.8, 4) is 0 Å². The van der Waals surface area contributed by atoms with Gasteiger partial charge in [0, 0.05) is 19.1 Å². The highest BCUT2D eigenvalue weighted by molar-refractivity contribution is 4.77. The van der Waals surface area contributed by atoms with Gasteiger partial charge >= 0.3 is 0 Å². The SMILES string of the molecule is CCCCCCC(C)N1CC(C)CNCC(C)C1. The van der Waals surface area contributed by atoms with Crippen LogP contribution in [0.25, 0.3) is 0 Å². The highest BCUT2D eigenvalue weighted by Gasteiger charge is 2.20. The molecule has 0 spiro atoms. The molecule has 2 nitrogen and oxygen atoms in total. The average molecular weight is 254 g/mol. The molecule has 0 amide bonds. The predicted octanol–water partition coefficient (Wildman–Crippen LogP) is 3.52. The van der Waals surface area contributed by atoms with Gasteiger partial charge in [-0.15, -0.1) is 0 Å². The summed E-state index contributed by atoms with van der Waals surface area (Å²) in [6.07, 6.45) is 6.96. The van der Waals surface area contributed by atoms with E-state index in [4.69, 9.17) is 0 Å². The van der Waals surface area contributed by atoms with E-state index in [1.807, 2.05) is 0 Å². The lowest BCUT2D eigenvalue weighted by molar-refractivity contribution is 0.134. The molecule has 0 bridgehead atoms. The van der Waals surface area contributed by atoms with Crippen molar-refractivity contribution in [1.82, 2.24) is 10.2 Å². The second-order valence-corrected chi connectivity index (χ2v) is 6.52. The van der Waals surface area contributed by atoms with E-state index >= 15 is 0 Å². The highest BCUT2D eigenvalue weighted by atomic mass is 15.2. The van der Waals surface area contributed by atoms with Gasteiger partial charge in [-0.3, -0.25) is 0 Å². The van der Waals surface area contributed by atoms with E-state index in [0.717, 1.165) is 17.9 Å². The van der Waals surface area contributed by atoms with Crippen molar-refractivity contribution in [3.63, 3.8) is 0 Å². The molecule has 0 saturated carbocycles. The number of hydrogen-bond acceptors (Lipinski definition) is 2. The first-order chi connectivity index (χ1) is 8.63. The number of unbranched alkanes of at least 4 members (excludes halogenated alkanes) is 3. The van der Waals surface area contributed by atoms with E-state index in [1.165, 1.54) is 58.3 Å². The van der Waals surface area contributed by atoms with Crippen LogP contribution in [0.4, 0.5) is 0 Å². The van der Waals surface area contributed by atoms with Crippen LogP contribution in [-0.2, 0) is 0 Å². The first-order valence-electron chi connectivity index (χ1n) is 8.08. The summed E-state index contributed by atoms with van der Waals surface area (Å²) in [6.45, 7) is 14.4. The summed E-state index contributed by atoms with van der Waals surface area (Å²) in [6, 6.07) is 0.768. The Hall–Kier alpha value is -0.0800. The van der Waals surface area contributed by atoms with Crippen LogP contribution in [0, 0.1) is 11.8 Å². The lowest BCUT2D eigenvalue weighted by Crippen LogP contribution is -2.46. The first kappa shape index (κ1) is 16.0. The van der Waals surface area contributed by atoms with Gasteiger partial charge < -0.3 is 10.2 Å². The minimum atomic E-state index is 0.768. The smallest absolute Gasteiger partial charge is 0.00671 e. The molecule has 0 aromatic heterocycles. The normalized spacial score (nSPS) is 28.7. The van der Waals surface area contributed by atoms with E-state index in [-0.39, 0.29) is 0 Å². The zero-order valence-electron chi connectivity index (χ0n) is 13.0. The van der Waals surface area contributed by atoms with Crippen LogP contribution >= 0.6 is 0 Å². The Morgan fingerprint density at radius 2 is 1.67 bits per heavy atom. The predicted molar refractivity (Wildman–Crippen MR) is 81.0 cm³/mol. The molecular formula is C16H34N2. The van der Waals surface area contributed by atoms with Crippen LogP contribution in [-0.4, -0.2) is 37.1 Å². The molecule has 1 heterocycles. The fourth-order valence-corrected chi connectivity index (χ4v) is 2.99. The molecule has 3 unspecified atom stereocenters. The van der Waals surface area contributed by atoms with Gasteiger partial charge in [-0.05, 0) is 38.3 Å². The third-order valence-corrected chi connectivity index (χ3v) is 4.18. The van der Waals surface area contributed by atoms with Gasteiger partial charge in [0.15, 0.2) is 0 Å². The number of nitrogens with zero attached hydrogens (tertiary/aromatic N) is 1. The zero-order valence-corrected chi connectivity index (χ0v) is 13.0. The molecule has 1 saturated heterocycles. The molecule has 1 N–H and O–H groups in total. The van der Waals surface area contributed by atoms with E-state index < -0.39 is 0 Å². The van der Waals surface area contributed by atoms with Crippen molar-refractivity contribution in [2.75, 3.05) is 26.2 Å². The van der Waals surface area contributed by atoms with Crippen LogP contribution in [0.2, 0.25) is 0 Å². The topological polar surface area (TPSA) is 15.3 Å². The maximum Gasteiger partial charge on any atom is 0.00671 e. The Morgan fingerprint density at radius 1 is 1.06 bits per heavy atom. The van der Waals surface area contributed by atoms with E-state index in [0.29, 0.717) is 0 Å². The molecule has 1 fully saturated rings. The van der Waals surface area contributed by atoms with Crippen molar-refractivity contribution in [2.24, 2.45) is 11.8 Å². The first-order valence-corrected chi connectivity index (χ1v) is 8.08. The second kappa shape index (κ2) is 8.92. The van der Waals surface area contributed by atoms with Crippen molar-refractivity contribution >= 4 is 0 Å². The molecule has 3 atom stereocenters. The van der Waals surface area contributed by atoms with Gasteiger partial charge in [0.2, 0.25) is 0 Å². The molecule has 1 aliphatic rings. The van der Waals surface area contributed by atoms with Crippen LogP contribution in [0.15, 0.2) is 0 Å². The molecule has 0 aromatic carbocycles. The fourth-order valence-electron chi connectivity index (χ4n) is 2.99. The van der Waals surface area contributed by atoms with Gasteiger partial charge in [-0.25, -0.2) is 0 Å². The largest absolute Gasteiger partial charge is 0.316 e. The highest BCUT2D eigenvalue weighted by Crippen LogP contribution is 2.15. The maximum absolute atomic E-state index is 3.58. The monoisotopic (exact) mass is 254 g/mol. The number of hydrogen-bond donors (Lipinski definition) is 1. The zero-order chi connectivity index (χ0) is 13.4. The fraction of sp³-hybridized carbons (Fsp3) is 1.00. The molecule has 1 aliphatic heterocycles. The quantitative estimate of drug-likeness (QED) is 0.730. The lowest BCUT2D eigenvalue weighted by atomic mass is 10.0. The molecule has 0 radical (unpaired) electrons. The Labute approximate surface area is 115 Å². The summed E-state index contributed by atoms with van der Waals surface area (Å²) in [7, 11) is 0. The minimum Gasteiger partial charge on any atom is -0.316 e. The summed E-state index contributed by atoms with van der Waals surface area (Å²) in [5, 5.41) is 3.58. The van der Waals surface area contributed by atoms with Crippen molar-refractivity contribution in [2.45, 2.75) is 65.8 Å². The van der Waals surface area contributed by atoms with Crippen molar-refractivity contribution in [1.29, 1.82) is 0 Å². The van der Waals surface area contributed by atoms with Gasteiger partial charge in [0.05, 0.1) is 0 Å². The van der Waals surface area contributed by atoms with Crippen LogP contribution < -0.4 is 5.32 Å². The lowest BCUT2D eigenvalue weighted by Gasteiger charge is -2.36. The third-order valence-electron chi connectivity index (χ3n) is 4.18. The number of nitrogens with one attached hydrogen (secondary N) is 1. The van der Waals surface area contributed by atoms with Crippen molar-refractivity contribution in [3.05, 3.63) is 0 Å². The minimum absolute atomic E-state index is 0.768. The van der Waals surface area contributed by atoms with Crippen LogP contribution in [0.5, 0.6) is 0 Å².